The minimum absolute atomic E-state index is 0.0972. The van der Waals surface area contributed by atoms with Crippen LogP contribution in [0.1, 0.15) is 194 Å². The number of unbranched alkanes of at least 4 members (excludes halogenated alkanes) is 18. The number of carbonyl (C=O) groups excluding carboxylic acids is 3. The molecule has 0 N–H and O–H groups in total. The minimum atomic E-state index is -0.795. The Labute approximate surface area is 344 Å². The average molecular weight is 779 g/mol. The summed E-state index contributed by atoms with van der Waals surface area (Å²) in [6.07, 6.45) is 55.6. The smallest absolute Gasteiger partial charge is 0.306 e. The van der Waals surface area contributed by atoms with E-state index < -0.39 is 6.10 Å². The predicted molar refractivity (Wildman–Crippen MR) is 237 cm³/mol. The molecule has 0 aromatic carbocycles. The molecule has 0 aliphatic rings. The fourth-order valence-corrected chi connectivity index (χ4v) is 5.73. The highest BCUT2D eigenvalue weighted by molar-refractivity contribution is 5.71. The van der Waals surface area contributed by atoms with Crippen LogP contribution < -0.4 is 0 Å². The third-order valence-electron chi connectivity index (χ3n) is 9.20. The van der Waals surface area contributed by atoms with Crippen LogP contribution in [0.15, 0.2) is 85.1 Å². The molecule has 0 rings (SSSR count). The monoisotopic (exact) mass is 779 g/mol. The number of ether oxygens (including phenoxy) is 3. The van der Waals surface area contributed by atoms with Crippen molar-refractivity contribution in [1.29, 1.82) is 0 Å². The molecule has 0 saturated heterocycles. The van der Waals surface area contributed by atoms with Crippen LogP contribution >= 0.6 is 0 Å². The van der Waals surface area contributed by atoms with Gasteiger partial charge in [0.15, 0.2) is 6.10 Å². The molecule has 318 valence electrons. The third kappa shape index (κ3) is 41.7. The molecule has 0 saturated carbocycles. The van der Waals surface area contributed by atoms with Gasteiger partial charge in [-0.15, -0.1) is 0 Å². The van der Waals surface area contributed by atoms with Crippen molar-refractivity contribution in [2.45, 2.75) is 200 Å². The zero-order valence-electron chi connectivity index (χ0n) is 36.1. The highest BCUT2D eigenvalue weighted by Crippen LogP contribution is 2.12. The van der Waals surface area contributed by atoms with Crippen LogP contribution in [-0.2, 0) is 28.6 Å². The molecular formula is C50H82O6. The third-order valence-corrected chi connectivity index (χ3v) is 9.20. The van der Waals surface area contributed by atoms with Crippen LogP contribution in [0.2, 0.25) is 0 Å². The standard InChI is InChI=1S/C50H82O6/c1-4-7-10-13-16-19-22-23-24-25-26-27-28-29-32-34-37-40-43-49(52)55-46-47(56-50(53)44-41-38-35-31-21-18-15-12-9-6-3)45-54-48(51)42-39-36-33-30-20-17-14-11-8-5-2/h10,13-19,22-27,47H,4-9,11-12,20-21,28-46H2,1-3H3/b13-10-,17-14-,18-15-,19-16-,23-22-,25-24-,27-26-. The van der Waals surface area contributed by atoms with Crippen molar-refractivity contribution in [1.82, 2.24) is 0 Å². The molecular weight excluding hydrogens is 697 g/mol. The van der Waals surface area contributed by atoms with E-state index in [4.69, 9.17) is 14.2 Å². The van der Waals surface area contributed by atoms with Gasteiger partial charge in [-0.3, -0.25) is 14.4 Å². The lowest BCUT2D eigenvalue weighted by Crippen LogP contribution is -2.30. The van der Waals surface area contributed by atoms with Crippen LogP contribution in [0.5, 0.6) is 0 Å². The van der Waals surface area contributed by atoms with Crippen molar-refractivity contribution in [3.05, 3.63) is 85.1 Å². The van der Waals surface area contributed by atoms with Gasteiger partial charge in [-0.1, -0.05) is 183 Å². The summed E-state index contributed by atoms with van der Waals surface area (Å²) in [5.41, 5.74) is 0. The molecule has 6 heteroatoms. The van der Waals surface area contributed by atoms with Crippen LogP contribution in [0.4, 0.5) is 0 Å². The fraction of sp³-hybridized carbons (Fsp3) is 0.660. The second kappa shape index (κ2) is 44.3. The van der Waals surface area contributed by atoms with Crippen molar-refractivity contribution in [3.63, 3.8) is 0 Å². The van der Waals surface area contributed by atoms with Gasteiger partial charge >= 0.3 is 17.9 Å². The summed E-state index contributed by atoms with van der Waals surface area (Å²) in [7, 11) is 0. The Morgan fingerprint density at radius 3 is 1.12 bits per heavy atom. The maximum atomic E-state index is 12.7. The first-order valence-electron chi connectivity index (χ1n) is 22.7. The zero-order chi connectivity index (χ0) is 40.8. The first-order chi connectivity index (χ1) is 27.5. The molecule has 0 aromatic heterocycles. The molecule has 1 atom stereocenters. The highest BCUT2D eigenvalue weighted by atomic mass is 16.6. The van der Waals surface area contributed by atoms with Gasteiger partial charge in [-0.25, -0.2) is 0 Å². The number of allylic oxidation sites excluding steroid dienone is 14. The molecule has 6 nitrogen and oxygen atoms in total. The summed E-state index contributed by atoms with van der Waals surface area (Å²) >= 11 is 0. The normalized spacial score (nSPS) is 12.8. The molecule has 1 unspecified atom stereocenters. The molecule has 0 fully saturated rings. The first-order valence-corrected chi connectivity index (χ1v) is 22.7. The van der Waals surface area contributed by atoms with Gasteiger partial charge < -0.3 is 14.2 Å². The number of hydrogen-bond acceptors (Lipinski definition) is 6. The van der Waals surface area contributed by atoms with E-state index in [2.05, 4.69) is 69.4 Å². The van der Waals surface area contributed by atoms with Gasteiger partial charge in [0.1, 0.15) is 13.2 Å². The predicted octanol–water partition coefficient (Wildman–Crippen LogP) is 14.5. The first kappa shape index (κ1) is 52.6. The second-order valence-corrected chi connectivity index (χ2v) is 14.7. The lowest BCUT2D eigenvalue weighted by molar-refractivity contribution is -0.167. The van der Waals surface area contributed by atoms with Gasteiger partial charge in [-0.2, -0.15) is 0 Å². The summed E-state index contributed by atoms with van der Waals surface area (Å²) in [4.78, 5) is 37.7. The molecule has 0 bridgehead atoms. The molecule has 0 amide bonds. The molecule has 0 aliphatic heterocycles. The maximum Gasteiger partial charge on any atom is 0.306 e. The topological polar surface area (TPSA) is 78.9 Å². The zero-order valence-corrected chi connectivity index (χ0v) is 36.1. The van der Waals surface area contributed by atoms with Crippen LogP contribution in [0.25, 0.3) is 0 Å². The van der Waals surface area contributed by atoms with Crippen molar-refractivity contribution < 1.29 is 28.6 Å². The molecule has 0 radical (unpaired) electrons. The van der Waals surface area contributed by atoms with E-state index in [1.54, 1.807) is 0 Å². The Hall–Kier alpha value is -3.41. The number of esters is 3. The number of carbonyl (C=O) groups is 3. The van der Waals surface area contributed by atoms with E-state index in [-0.39, 0.29) is 31.1 Å². The average Bonchev–Trinajstić information content (AvgIpc) is 3.19. The van der Waals surface area contributed by atoms with Crippen molar-refractivity contribution in [2.24, 2.45) is 0 Å². The fourth-order valence-electron chi connectivity index (χ4n) is 5.73. The van der Waals surface area contributed by atoms with Gasteiger partial charge in [0.2, 0.25) is 0 Å². The van der Waals surface area contributed by atoms with E-state index >= 15 is 0 Å². The van der Waals surface area contributed by atoms with E-state index in [9.17, 15) is 14.4 Å². The minimum Gasteiger partial charge on any atom is -0.462 e. The number of hydrogen-bond donors (Lipinski definition) is 0. The second-order valence-electron chi connectivity index (χ2n) is 14.7. The van der Waals surface area contributed by atoms with Gasteiger partial charge in [0.05, 0.1) is 0 Å². The Morgan fingerprint density at radius 1 is 0.357 bits per heavy atom. The lowest BCUT2D eigenvalue weighted by atomic mass is 10.1. The Balaban J connectivity index is 4.43. The Morgan fingerprint density at radius 2 is 0.696 bits per heavy atom. The van der Waals surface area contributed by atoms with Crippen LogP contribution in [-0.4, -0.2) is 37.2 Å². The summed E-state index contributed by atoms with van der Waals surface area (Å²) in [5, 5.41) is 0. The van der Waals surface area contributed by atoms with Crippen LogP contribution in [0.3, 0.4) is 0 Å². The lowest BCUT2D eigenvalue weighted by Gasteiger charge is -2.18. The summed E-state index contributed by atoms with van der Waals surface area (Å²) in [6.45, 7) is 6.39. The largest absolute Gasteiger partial charge is 0.462 e. The highest BCUT2D eigenvalue weighted by Gasteiger charge is 2.19. The molecule has 0 heterocycles. The molecule has 0 aromatic rings. The van der Waals surface area contributed by atoms with Crippen LogP contribution in [0, 0.1) is 0 Å². The van der Waals surface area contributed by atoms with E-state index in [0.717, 1.165) is 122 Å². The Kier molecular flexibility index (Phi) is 41.6. The quantitative estimate of drug-likeness (QED) is 0.0203. The van der Waals surface area contributed by atoms with Crippen molar-refractivity contribution in [2.75, 3.05) is 13.2 Å². The summed E-state index contributed by atoms with van der Waals surface area (Å²) in [6, 6.07) is 0. The summed E-state index contributed by atoms with van der Waals surface area (Å²) in [5.74, 6) is -0.959. The van der Waals surface area contributed by atoms with Gasteiger partial charge in [0.25, 0.3) is 0 Å². The molecule has 0 spiro atoms. The van der Waals surface area contributed by atoms with E-state index in [1.807, 2.05) is 36.5 Å². The van der Waals surface area contributed by atoms with Crippen molar-refractivity contribution >= 4 is 17.9 Å². The molecule has 0 aliphatic carbocycles. The van der Waals surface area contributed by atoms with Gasteiger partial charge in [0, 0.05) is 19.3 Å². The van der Waals surface area contributed by atoms with E-state index in [1.165, 1.54) is 32.1 Å². The maximum absolute atomic E-state index is 12.7. The SMILES string of the molecule is CCC\C=C/C=C\C=C/C=C\C=C/CCCCCCCC(=O)OCC(COC(=O)CCCCCC/C=C\CCCC)OC(=O)CCCCCC/C=C\CCCC. The van der Waals surface area contributed by atoms with Crippen molar-refractivity contribution in [3.8, 4) is 0 Å². The Bertz CT molecular complexity index is 1120. The number of rotatable bonds is 39. The summed E-state index contributed by atoms with van der Waals surface area (Å²) < 4.78 is 16.6. The molecule has 56 heavy (non-hydrogen) atoms. The van der Waals surface area contributed by atoms with E-state index in [0.29, 0.717) is 19.3 Å². The van der Waals surface area contributed by atoms with Gasteiger partial charge in [-0.05, 0) is 77.0 Å².